The van der Waals surface area contributed by atoms with Gasteiger partial charge in [0.1, 0.15) is 13.2 Å². The summed E-state index contributed by atoms with van der Waals surface area (Å²) in [7, 11) is 0. The molecule has 1 aliphatic heterocycles. The molecule has 2 heterocycles. The van der Waals surface area contributed by atoms with Crippen molar-refractivity contribution in [2.45, 2.75) is 46.0 Å². The van der Waals surface area contributed by atoms with Crippen LogP contribution in [0, 0.1) is 5.92 Å². The van der Waals surface area contributed by atoms with Gasteiger partial charge in [0.15, 0.2) is 16.6 Å². The largest absolute Gasteiger partial charge is 0.486 e. The molecule has 0 radical (unpaired) electrons. The zero-order valence-electron chi connectivity index (χ0n) is 17.9. The number of carbonyl (C=O) groups excluding carboxylic acids is 1. The van der Waals surface area contributed by atoms with Gasteiger partial charge in [-0.15, -0.1) is 12.4 Å². The second-order valence-electron chi connectivity index (χ2n) is 7.81. The van der Waals surface area contributed by atoms with Gasteiger partial charge in [0.2, 0.25) is 5.91 Å². The van der Waals surface area contributed by atoms with Crippen molar-refractivity contribution in [1.82, 2.24) is 9.88 Å². The first-order chi connectivity index (χ1) is 14.2. The number of likely N-dealkylation sites (N-methyl/N-ethyl adjacent to an activating group) is 1. The molecular formula is C22H32ClN3O3S. The quantitative estimate of drug-likeness (QED) is 0.605. The van der Waals surface area contributed by atoms with Crippen LogP contribution in [-0.2, 0) is 4.79 Å². The lowest BCUT2D eigenvalue weighted by Gasteiger charge is -2.29. The molecule has 4 rings (SSSR count). The van der Waals surface area contributed by atoms with E-state index in [0.29, 0.717) is 19.8 Å². The number of nitrogens with zero attached hydrogens (tertiary/aromatic N) is 3. The third kappa shape index (κ3) is 5.01. The Morgan fingerprint density at radius 3 is 2.40 bits per heavy atom. The fourth-order valence-electron chi connectivity index (χ4n) is 4.22. The third-order valence-corrected chi connectivity index (χ3v) is 7.07. The van der Waals surface area contributed by atoms with E-state index in [4.69, 9.17) is 14.5 Å². The van der Waals surface area contributed by atoms with Gasteiger partial charge in [-0.25, -0.2) is 4.98 Å². The van der Waals surface area contributed by atoms with Crippen molar-refractivity contribution in [3.8, 4) is 11.5 Å². The van der Waals surface area contributed by atoms with E-state index in [2.05, 4.69) is 18.7 Å². The maximum Gasteiger partial charge on any atom is 0.231 e. The number of amides is 1. The highest BCUT2D eigenvalue weighted by molar-refractivity contribution is 7.22. The van der Waals surface area contributed by atoms with Gasteiger partial charge in [0, 0.05) is 31.1 Å². The molecule has 166 valence electrons. The number of halogens is 1. The fraction of sp³-hybridized carbons (Fsp3) is 0.636. The molecule has 30 heavy (non-hydrogen) atoms. The molecule has 0 unspecified atom stereocenters. The molecule has 1 amide bonds. The summed E-state index contributed by atoms with van der Waals surface area (Å²) in [6.07, 6.45) is 5.56. The van der Waals surface area contributed by atoms with Crippen molar-refractivity contribution in [1.29, 1.82) is 0 Å². The van der Waals surface area contributed by atoms with E-state index in [-0.39, 0.29) is 24.2 Å². The molecule has 0 N–H and O–H groups in total. The summed E-state index contributed by atoms with van der Waals surface area (Å²) < 4.78 is 12.5. The lowest BCUT2D eigenvalue weighted by atomic mass is 9.88. The lowest BCUT2D eigenvalue weighted by molar-refractivity contribution is -0.123. The van der Waals surface area contributed by atoms with Crippen molar-refractivity contribution < 1.29 is 14.3 Å². The van der Waals surface area contributed by atoms with E-state index in [1.807, 2.05) is 17.0 Å². The van der Waals surface area contributed by atoms with Gasteiger partial charge in [-0.05, 0) is 25.9 Å². The Hall–Kier alpha value is -1.57. The van der Waals surface area contributed by atoms with Crippen LogP contribution < -0.4 is 14.4 Å². The van der Waals surface area contributed by atoms with Crippen LogP contribution in [0.4, 0.5) is 5.13 Å². The van der Waals surface area contributed by atoms with Gasteiger partial charge >= 0.3 is 0 Å². The molecule has 0 bridgehead atoms. The summed E-state index contributed by atoms with van der Waals surface area (Å²) in [5.41, 5.74) is 0.874. The van der Waals surface area contributed by atoms with E-state index in [9.17, 15) is 4.79 Å². The summed E-state index contributed by atoms with van der Waals surface area (Å²) in [6, 6.07) is 3.94. The number of carbonyl (C=O) groups is 1. The van der Waals surface area contributed by atoms with Crippen LogP contribution in [0.25, 0.3) is 10.2 Å². The Labute approximate surface area is 188 Å². The SMILES string of the molecule is CCN(CC)CCN(C(=O)C1CCCCC1)c1nc2cc3c(cc2s1)OCCO3.Cl. The number of aromatic nitrogens is 1. The number of rotatable bonds is 7. The zero-order valence-corrected chi connectivity index (χ0v) is 19.5. The smallest absolute Gasteiger partial charge is 0.231 e. The minimum atomic E-state index is 0. The summed E-state index contributed by atoms with van der Waals surface area (Å²) in [4.78, 5) is 22.6. The van der Waals surface area contributed by atoms with Gasteiger partial charge in [-0.3, -0.25) is 9.69 Å². The Balaban J connectivity index is 0.00000256. The standard InChI is InChI=1S/C22H31N3O3S.ClH/c1-3-24(4-2)10-11-25(21(26)16-8-6-5-7-9-16)22-23-17-14-18-19(15-20(17)29-22)28-13-12-27-18;/h14-16H,3-13H2,1-2H3;1H. The second kappa shape index (κ2) is 10.6. The Morgan fingerprint density at radius 2 is 1.73 bits per heavy atom. The Bertz CT molecular complexity index is 807. The summed E-state index contributed by atoms with van der Waals surface area (Å²) in [5, 5.41) is 0.796. The second-order valence-corrected chi connectivity index (χ2v) is 8.82. The maximum absolute atomic E-state index is 13.4. The molecule has 0 atom stereocenters. The van der Waals surface area contributed by atoms with Crippen LogP contribution in [0.5, 0.6) is 11.5 Å². The van der Waals surface area contributed by atoms with Crippen molar-refractivity contribution in [2.24, 2.45) is 5.92 Å². The molecule has 2 aromatic rings. The molecule has 6 nitrogen and oxygen atoms in total. The highest BCUT2D eigenvalue weighted by Gasteiger charge is 2.29. The first-order valence-corrected chi connectivity index (χ1v) is 11.7. The monoisotopic (exact) mass is 453 g/mol. The van der Waals surface area contributed by atoms with E-state index in [1.165, 1.54) is 6.42 Å². The average Bonchev–Trinajstić information content (AvgIpc) is 3.17. The predicted molar refractivity (Wildman–Crippen MR) is 125 cm³/mol. The normalized spacial score (nSPS) is 16.5. The van der Waals surface area contributed by atoms with Crippen LogP contribution >= 0.6 is 23.7 Å². The predicted octanol–water partition coefficient (Wildman–Crippen LogP) is 4.74. The number of ether oxygens (including phenoxy) is 2. The van der Waals surface area contributed by atoms with Gasteiger partial charge in [0.25, 0.3) is 0 Å². The van der Waals surface area contributed by atoms with Crippen molar-refractivity contribution in [2.75, 3.05) is 44.3 Å². The van der Waals surface area contributed by atoms with Crippen LogP contribution in [0.1, 0.15) is 46.0 Å². The molecule has 0 spiro atoms. The van der Waals surface area contributed by atoms with Crippen molar-refractivity contribution in [3.63, 3.8) is 0 Å². The maximum atomic E-state index is 13.4. The van der Waals surface area contributed by atoms with Gasteiger partial charge < -0.3 is 14.4 Å². The number of fused-ring (bicyclic) bond motifs is 2. The summed E-state index contributed by atoms with van der Waals surface area (Å²) >= 11 is 1.58. The molecule has 0 saturated heterocycles. The molecule has 1 aliphatic carbocycles. The number of benzene rings is 1. The lowest BCUT2D eigenvalue weighted by Crippen LogP contribution is -2.42. The van der Waals surface area contributed by atoms with E-state index in [0.717, 1.165) is 72.2 Å². The number of anilines is 1. The Kier molecular flexibility index (Phi) is 8.20. The van der Waals surface area contributed by atoms with Gasteiger partial charge in [0.05, 0.1) is 10.2 Å². The van der Waals surface area contributed by atoms with Crippen molar-refractivity contribution >= 4 is 45.0 Å². The number of thiazole rings is 1. The topological polar surface area (TPSA) is 54.9 Å². The molecule has 8 heteroatoms. The Morgan fingerprint density at radius 1 is 1.07 bits per heavy atom. The summed E-state index contributed by atoms with van der Waals surface area (Å²) in [6.45, 7) is 8.99. The highest BCUT2D eigenvalue weighted by atomic mass is 35.5. The molecule has 2 aliphatic rings. The first kappa shape index (κ1) is 23.1. The summed E-state index contributed by atoms with van der Waals surface area (Å²) in [5.74, 6) is 1.89. The number of hydrogen-bond donors (Lipinski definition) is 0. The minimum absolute atomic E-state index is 0. The minimum Gasteiger partial charge on any atom is -0.486 e. The number of hydrogen-bond acceptors (Lipinski definition) is 6. The van der Waals surface area contributed by atoms with E-state index >= 15 is 0 Å². The van der Waals surface area contributed by atoms with Gasteiger partial charge in [-0.1, -0.05) is 44.4 Å². The van der Waals surface area contributed by atoms with Crippen LogP contribution in [0.3, 0.4) is 0 Å². The molecule has 1 aromatic heterocycles. The molecular weight excluding hydrogens is 422 g/mol. The van der Waals surface area contributed by atoms with Gasteiger partial charge in [-0.2, -0.15) is 0 Å². The van der Waals surface area contributed by atoms with E-state index < -0.39 is 0 Å². The third-order valence-electron chi connectivity index (χ3n) is 6.03. The molecule has 1 saturated carbocycles. The highest BCUT2D eigenvalue weighted by Crippen LogP contribution is 2.39. The fourth-order valence-corrected chi connectivity index (χ4v) is 5.23. The molecule has 1 fully saturated rings. The first-order valence-electron chi connectivity index (χ1n) is 10.9. The average molecular weight is 454 g/mol. The van der Waals surface area contributed by atoms with Crippen LogP contribution in [0.15, 0.2) is 12.1 Å². The zero-order chi connectivity index (χ0) is 20.2. The van der Waals surface area contributed by atoms with Crippen LogP contribution in [-0.4, -0.2) is 55.2 Å². The van der Waals surface area contributed by atoms with E-state index in [1.54, 1.807) is 11.3 Å². The van der Waals surface area contributed by atoms with Crippen LogP contribution in [0.2, 0.25) is 0 Å². The van der Waals surface area contributed by atoms with Crippen molar-refractivity contribution in [3.05, 3.63) is 12.1 Å². The molecule has 1 aromatic carbocycles.